The van der Waals surface area contributed by atoms with E-state index in [1.165, 1.54) is 4.90 Å². The maximum Gasteiger partial charge on any atom is 0.255 e. The van der Waals surface area contributed by atoms with E-state index in [1.54, 1.807) is 26.2 Å². The minimum Gasteiger partial charge on any atom is -0.508 e. The van der Waals surface area contributed by atoms with Crippen molar-refractivity contribution in [3.63, 3.8) is 0 Å². The Bertz CT molecular complexity index is 1930. The number of aliphatic hydroxyl groups is 3. The molecule has 0 aliphatic heterocycles. The molecule has 1 fully saturated rings. The van der Waals surface area contributed by atoms with E-state index in [9.17, 15) is 34.8 Å². The first-order chi connectivity index (χ1) is 21.4. The zero-order valence-corrected chi connectivity index (χ0v) is 26.8. The van der Waals surface area contributed by atoms with E-state index in [2.05, 4.69) is 4.98 Å². The second-order valence-electron chi connectivity index (χ2n) is 14.0. The van der Waals surface area contributed by atoms with E-state index in [-0.39, 0.29) is 46.6 Å². The van der Waals surface area contributed by atoms with Crippen molar-refractivity contribution in [2.75, 3.05) is 33.1 Å². The van der Waals surface area contributed by atoms with E-state index in [4.69, 9.17) is 10.2 Å². The van der Waals surface area contributed by atoms with Crippen molar-refractivity contribution in [1.29, 1.82) is 0 Å². The quantitative estimate of drug-likeness (QED) is 0.266. The molecule has 1 heterocycles. The zero-order valence-electron chi connectivity index (χ0n) is 26.8. The minimum absolute atomic E-state index is 0.0335. The van der Waals surface area contributed by atoms with Gasteiger partial charge in [0.15, 0.2) is 17.0 Å². The number of nitrogens with two attached hydrogens (primary N) is 1. The van der Waals surface area contributed by atoms with Crippen molar-refractivity contribution in [2.24, 2.45) is 17.6 Å². The fraction of sp³-hybridized carbons (Fsp3) is 0.412. The lowest BCUT2D eigenvalue weighted by molar-refractivity contribution is -0.153. The largest absolute Gasteiger partial charge is 0.508 e. The molecular weight excluding hydrogens is 592 g/mol. The number of oxazole rings is 1. The van der Waals surface area contributed by atoms with Crippen LogP contribution in [0.4, 0.5) is 5.69 Å². The Labute approximate surface area is 265 Å². The smallest absolute Gasteiger partial charge is 0.255 e. The van der Waals surface area contributed by atoms with Gasteiger partial charge in [-0.05, 0) is 67.6 Å². The lowest BCUT2D eigenvalue weighted by Gasteiger charge is -2.50. The third-order valence-electron chi connectivity index (χ3n) is 9.65. The molecule has 3 aliphatic rings. The number of ketones is 2. The van der Waals surface area contributed by atoms with Crippen LogP contribution in [0.25, 0.3) is 28.3 Å². The van der Waals surface area contributed by atoms with Crippen molar-refractivity contribution in [3.05, 3.63) is 57.9 Å². The van der Waals surface area contributed by atoms with Crippen LogP contribution >= 0.6 is 0 Å². The number of nitrogens with zero attached hydrogens (tertiary/aromatic N) is 3. The van der Waals surface area contributed by atoms with Gasteiger partial charge in [0, 0.05) is 31.3 Å². The maximum atomic E-state index is 14.3. The molecule has 12 nitrogen and oxygen atoms in total. The van der Waals surface area contributed by atoms with E-state index in [1.807, 2.05) is 51.9 Å². The lowest BCUT2D eigenvalue weighted by atomic mass is 9.57. The first-order valence-corrected chi connectivity index (χ1v) is 15.0. The minimum atomic E-state index is -2.69. The molecule has 0 saturated heterocycles. The number of Topliss-reactive ketones (excluding diaryl/α,β-unsaturated/α-hetero) is 2. The molecule has 3 aromatic rings. The number of fused-ring (bicyclic) bond motifs is 5. The Balaban J connectivity index is 1.60. The Morgan fingerprint density at radius 2 is 1.76 bits per heavy atom. The Kier molecular flexibility index (Phi) is 6.92. The first-order valence-electron chi connectivity index (χ1n) is 15.0. The van der Waals surface area contributed by atoms with Crippen LogP contribution in [0.3, 0.4) is 0 Å². The number of rotatable bonds is 4. The van der Waals surface area contributed by atoms with Crippen LogP contribution in [0, 0.1) is 11.8 Å². The van der Waals surface area contributed by atoms with E-state index in [0.29, 0.717) is 22.3 Å². The number of hydrogen-bond donors (Lipinski definition) is 5. The number of aliphatic hydroxyl groups excluding tert-OH is 2. The highest BCUT2D eigenvalue weighted by Gasteiger charge is 2.64. The molecule has 3 aliphatic carbocycles. The Hall–Kier alpha value is -4.68. The molecule has 12 heteroatoms. The SMILES string of the molecule is CN(C)c1cc2nc(-c3cc(C(C)(C)C)ccc3O)oc2c2c1C[C@H]1C[C@H]3[C@H](N(C)C)C(=O)C(C(N)=O)=C(O)[C@@]3(O)C(=O)C1=C2O. The summed E-state index contributed by atoms with van der Waals surface area (Å²) in [4.78, 5) is 48.0. The molecule has 6 rings (SSSR count). The van der Waals surface area contributed by atoms with Crippen LogP contribution in [0.1, 0.15) is 43.9 Å². The van der Waals surface area contributed by atoms with Gasteiger partial charge in [0.2, 0.25) is 11.7 Å². The van der Waals surface area contributed by atoms with Gasteiger partial charge in [0.1, 0.15) is 28.4 Å². The monoisotopic (exact) mass is 630 g/mol. The van der Waals surface area contributed by atoms with Gasteiger partial charge in [-0.1, -0.05) is 26.8 Å². The lowest BCUT2D eigenvalue weighted by Crippen LogP contribution is -2.65. The fourth-order valence-corrected chi connectivity index (χ4v) is 7.37. The summed E-state index contributed by atoms with van der Waals surface area (Å²) in [6.45, 7) is 6.12. The summed E-state index contributed by atoms with van der Waals surface area (Å²) in [6.07, 6.45) is 0.268. The summed E-state index contributed by atoms with van der Waals surface area (Å²) in [5, 5.41) is 45.8. The highest BCUT2D eigenvalue weighted by atomic mass is 16.4. The number of likely N-dealkylation sites (N-methyl/N-ethyl adjacent to an activating group) is 1. The first kappa shape index (κ1) is 31.3. The van der Waals surface area contributed by atoms with Crippen LogP contribution in [0.2, 0.25) is 0 Å². The van der Waals surface area contributed by atoms with Crippen molar-refractivity contribution < 1.29 is 39.2 Å². The van der Waals surface area contributed by atoms with Gasteiger partial charge in [-0.25, -0.2) is 4.98 Å². The number of carbonyl (C=O) groups is 3. The van der Waals surface area contributed by atoms with Gasteiger partial charge in [-0.2, -0.15) is 0 Å². The summed E-state index contributed by atoms with van der Waals surface area (Å²) >= 11 is 0. The average Bonchev–Trinajstić information content (AvgIpc) is 3.37. The topological polar surface area (TPSA) is 191 Å². The molecule has 1 amide bonds. The molecule has 6 N–H and O–H groups in total. The standard InChI is InChI=1S/C34H38N4O8/c1-33(2,3)15-8-9-21(39)17(12-15)32-36-19-13-20(37(4)5)16-10-14-11-18-25(38(6)7)27(41)24(31(35)44)30(43)34(18,45)29(42)22(14)26(40)23(16)28(19)46-32/h8-9,12-14,18,25,39-40,43,45H,10-11H2,1-7H3,(H2,35,44)/t14-,18-,25-,34-/m0/s1. The predicted octanol–water partition coefficient (Wildman–Crippen LogP) is 3.14. The highest BCUT2D eigenvalue weighted by molar-refractivity contribution is 6.24. The van der Waals surface area contributed by atoms with Crippen LogP contribution in [-0.2, 0) is 26.2 Å². The molecule has 46 heavy (non-hydrogen) atoms. The molecule has 242 valence electrons. The van der Waals surface area contributed by atoms with E-state index >= 15 is 0 Å². The second kappa shape index (κ2) is 10.2. The number of hydrogen-bond acceptors (Lipinski definition) is 11. The van der Waals surface area contributed by atoms with Crippen molar-refractivity contribution in [2.45, 2.75) is 50.7 Å². The van der Waals surface area contributed by atoms with Crippen molar-refractivity contribution in [3.8, 4) is 17.2 Å². The van der Waals surface area contributed by atoms with Crippen LogP contribution in [0.5, 0.6) is 5.75 Å². The van der Waals surface area contributed by atoms with Gasteiger partial charge in [0.25, 0.3) is 5.91 Å². The molecule has 0 unspecified atom stereocenters. The number of phenolic OH excluding ortho intramolecular Hbond substituents is 1. The summed E-state index contributed by atoms with van der Waals surface area (Å²) in [5.41, 5.74) is 4.92. The molecule has 1 saturated carbocycles. The van der Waals surface area contributed by atoms with E-state index in [0.717, 1.165) is 5.56 Å². The number of anilines is 1. The number of phenols is 1. The molecule has 2 aromatic carbocycles. The molecular formula is C34H38N4O8. The molecule has 0 radical (unpaired) electrons. The normalized spacial score (nSPS) is 24.8. The van der Waals surface area contributed by atoms with Crippen LogP contribution in [0.15, 0.2) is 45.6 Å². The predicted molar refractivity (Wildman–Crippen MR) is 170 cm³/mol. The second-order valence-corrected chi connectivity index (χ2v) is 14.0. The van der Waals surface area contributed by atoms with Gasteiger partial charge in [0.05, 0.1) is 17.2 Å². The summed E-state index contributed by atoms with van der Waals surface area (Å²) < 4.78 is 6.26. The third-order valence-corrected chi connectivity index (χ3v) is 9.65. The molecule has 1 aromatic heterocycles. The molecule has 4 atom stereocenters. The van der Waals surface area contributed by atoms with Crippen molar-refractivity contribution >= 4 is 40.0 Å². The highest BCUT2D eigenvalue weighted by Crippen LogP contribution is 2.54. The van der Waals surface area contributed by atoms with Gasteiger partial charge in [-0.3, -0.25) is 19.3 Å². The van der Waals surface area contributed by atoms with Gasteiger partial charge >= 0.3 is 0 Å². The molecule has 0 bridgehead atoms. The van der Waals surface area contributed by atoms with Crippen molar-refractivity contribution in [1.82, 2.24) is 9.88 Å². The number of aromatic hydroxyl groups is 1. The number of amides is 1. The van der Waals surface area contributed by atoms with E-state index < -0.39 is 58.0 Å². The average molecular weight is 631 g/mol. The molecule has 0 spiro atoms. The zero-order chi connectivity index (χ0) is 33.8. The fourth-order valence-electron chi connectivity index (χ4n) is 7.37. The third kappa shape index (κ3) is 4.27. The number of aromatic nitrogens is 1. The number of benzene rings is 2. The summed E-state index contributed by atoms with van der Waals surface area (Å²) in [5.74, 6) is -6.35. The number of primary amides is 1. The Morgan fingerprint density at radius 1 is 1.09 bits per heavy atom. The van der Waals surface area contributed by atoms with Crippen LogP contribution < -0.4 is 10.6 Å². The van der Waals surface area contributed by atoms with Gasteiger partial charge in [-0.15, -0.1) is 0 Å². The Morgan fingerprint density at radius 3 is 2.35 bits per heavy atom. The summed E-state index contributed by atoms with van der Waals surface area (Å²) in [6, 6.07) is 5.87. The maximum absolute atomic E-state index is 14.3. The van der Waals surface area contributed by atoms with Gasteiger partial charge < -0.3 is 35.5 Å². The van der Waals surface area contributed by atoms with Crippen LogP contribution in [-0.4, -0.2) is 87.6 Å². The summed E-state index contributed by atoms with van der Waals surface area (Å²) in [7, 11) is 6.81. The number of carbonyl (C=O) groups excluding carboxylic acids is 3.